The molecule has 2 N–H and O–H groups in total. The van der Waals surface area contributed by atoms with Gasteiger partial charge in [-0.05, 0) is 37.1 Å². The van der Waals surface area contributed by atoms with E-state index in [1.807, 2.05) is 24.3 Å². The molecular formula is C14H21ClN2O3. The van der Waals surface area contributed by atoms with Crippen molar-refractivity contribution in [2.45, 2.75) is 18.4 Å². The lowest BCUT2D eigenvalue weighted by molar-refractivity contribution is -0.147. The number of carbonyl (C=O) groups is 1. The van der Waals surface area contributed by atoms with Gasteiger partial charge in [-0.1, -0.05) is 0 Å². The number of piperidine rings is 1. The smallest absolute Gasteiger partial charge is 0.325 e. The molecule has 0 spiro atoms. The van der Waals surface area contributed by atoms with Crippen LogP contribution in [-0.4, -0.2) is 38.8 Å². The Morgan fingerprint density at radius 3 is 2.20 bits per heavy atom. The normalized spacial score (nSPS) is 17.1. The van der Waals surface area contributed by atoms with Gasteiger partial charge in [-0.3, -0.25) is 4.79 Å². The number of halogens is 1. The predicted octanol–water partition coefficient (Wildman–Crippen LogP) is 1.59. The van der Waals surface area contributed by atoms with Gasteiger partial charge in [-0.15, -0.1) is 12.4 Å². The van der Waals surface area contributed by atoms with Crippen LogP contribution in [-0.2, 0) is 9.53 Å². The minimum Gasteiger partial charge on any atom is -0.497 e. The SMILES string of the molecule is COC(=O)C1(N)CCN(c2ccc(OC)cc2)CC1.Cl. The molecule has 1 aromatic rings. The second-order valence-corrected chi connectivity index (χ2v) is 4.83. The van der Waals surface area contributed by atoms with Gasteiger partial charge >= 0.3 is 5.97 Å². The zero-order valence-corrected chi connectivity index (χ0v) is 12.6. The number of nitrogens with zero attached hydrogens (tertiary/aromatic N) is 1. The van der Waals surface area contributed by atoms with Gasteiger partial charge in [0.1, 0.15) is 11.3 Å². The maximum atomic E-state index is 11.6. The maximum Gasteiger partial charge on any atom is 0.325 e. The number of ether oxygens (including phenoxy) is 2. The average Bonchev–Trinajstić information content (AvgIpc) is 2.47. The minimum atomic E-state index is -0.836. The molecule has 1 aromatic carbocycles. The molecule has 1 fully saturated rings. The molecule has 1 aliphatic heterocycles. The second kappa shape index (κ2) is 6.81. The molecule has 0 bridgehead atoms. The standard InChI is InChI=1S/C14H20N2O3.ClH/c1-18-12-5-3-11(4-6-12)16-9-7-14(15,8-10-16)13(17)19-2;/h3-6H,7-10,15H2,1-2H3;1H. The van der Waals surface area contributed by atoms with Crippen LogP contribution in [0.3, 0.4) is 0 Å². The Labute approximate surface area is 125 Å². The van der Waals surface area contributed by atoms with Crippen molar-refractivity contribution >= 4 is 24.1 Å². The molecule has 0 atom stereocenters. The van der Waals surface area contributed by atoms with Crippen molar-refractivity contribution in [1.29, 1.82) is 0 Å². The summed E-state index contributed by atoms with van der Waals surface area (Å²) in [7, 11) is 3.03. The number of benzene rings is 1. The Hall–Kier alpha value is -1.46. The Morgan fingerprint density at radius 1 is 1.20 bits per heavy atom. The highest BCUT2D eigenvalue weighted by molar-refractivity contribution is 5.85. The lowest BCUT2D eigenvalue weighted by atomic mass is 9.88. The lowest BCUT2D eigenvalue weighted by Crippen LogP contribution is -2.56. The van der Waals surface area contributed by atoms with E-state index in [2.05, 4.69) is 4.90 Å². The van der Waals surface area contributed by atoms with Gasteiger partial charge < -0.3 is 20.1 Å². The first kappa shape index (κ1) is 16.6. The fourth-order valence-corrected chi connectivity index (χ4v) is 2.36. The Bertz CT molecular complexity index is 442. The molecule has 1 heterocycles. The minimum absolute atomic E-state index is 0. The van der Waals surface area contributed by atoms with Crippen molar-refractivity contribution < 1.29 is 14.3 Å². The summed E-state index contributed by atoms with van der Waals surface area (Å²) >= 11 is 0. The van der Waals surface area contributed by atoms with Crippen LogP contribution in [0.5, 0.6) is 5.75 Å². The van der Waals surface area contributed by atoms with Gasteiger partial charge in [0.05, 0.1) is 14.2 Å². The highest BCUT2D eigenvalue weighted by Crippen LogP contribution is 2.26. The molecule has 0 aromatic heterocycles. The predicted molar refractivity (Wildman–Crippen MR) is 80.6 cm³/mol. The largest absolute Gasteiger partial charge is 0.497 e. The van der Waals surface area contributed by atoms with Crippen LogP contribution in [0.1, 0.15) is 12.8 Å². The molecule has 0 amide bonds. The first-order valence-electron chi connectivity index (χ1n) is 6.35. The van der Waals surface area contributed by atoms with Gasteiger partial charge in [-0.2, -0.15) is 0 Å². The summed E-state index contributed by atoms with van der Waals surface area (Å²) < 4.78 is 9.90. The van der Waals surface area contributed by atoms with Crippen LogP contribution >= 0.6 is 12.4 Å². The van der Waals surface area contributed by atoms with Crippen molar-refractivity contribution in [3.63, 3.8) is 0 Å². The molecule has 112 valence electrons. The number of nitrogens with two attached hydrogens (primary N) is 1. The molecule has 0 radical (unpaired) electrons. The van der Waals surface area contributed by atoms with Crippen LogP contribution in [0.25, 0.3) is 0 Å². The second-order valence-electron chi connectivity index (χ2n) is 4.83. The van der Waals surface area contributed by atoms with E-state index < -0.39 is 5.54 Å². The fraction of sp³-hybridized carbons (Fsp3) is 0.500. The zero-order valence-electron chi connectivity index (χ0n) is 11.8. The van der Waals surface area contributed by atoms with Gasteiger partial charge in [0.2, 0.25) is 0 Å². The number of hydrogen-bond donors (Lipinski definition) is 1. The van der Waals surface area contributed by atoms with E-state index in [1.165, 1.54) is 7.11 Å². The highest BCUT2D eigenvalue weighted by atomic mass is 35.5. The number of rotatable bonds is 3. The molecule has 20 heavy (non-hydrogen) atoms. The molecule has 2 rings (SSSR count). The van der Waals surface area contributed by atoms with Crippen molar-refractivity contribution in [3.05, 3.63) is 24.3 Å². The molecule has 1 aliphatic rings. The lowest BCUT2D eigenvalue weighted by Gasteiger charge is -2.38. The fourth-order valence-electron chi connectivity index (χ4n) is 2.36. The summed E-state index contributed by atoms with van der Waals surface area (Å²) in [6.45, 7) is 1.50. The summed E-state index contributed by atoms with van der Waals surface area (Å²) in [4.78, 5) is 13.8. The Morgan fingerprint density at radius 2 is 1.75 bits per heavy atom. The summed E-state index contributed by atoms with van der Waals surface area (Å²) in [5.74, 6) is 0.519. The maximum absolute atomic E-state index is 11.6. The molecule has 6 heteroatoms. The van der Waals surface area contributed by atoms with Crippen LogP contribution < -0.4 is 15.4 Å². The molecule has 0 saturated carbocycles. The van der Waals surface area contributed by atoms with Gasteiger partial charge in [0.25, 0.3) is 0 Å². The number of hydrogen-bond acceptors (Lipinski definition) is 5. The summed E-state index contributed by atoms with van der Waals surface area (Å²) in [5, 5.41) is 0. The first-order chi connectivity index (χ1) is 9.09. The highest BCUT2D eigenvalue weighted by Gasteiger charge is 2.38. The van der Waals surface area contributed by atoms with Crippen LogP contribution in [0.4, 0.5) is 5.69 Å². The van der Waals surface area contributed by atoms with E-state index in [0.29, 0.717) is 12.8 Å². The molecule has 5 nitrogen and oxygen atoms in total. The van der Waals surface area contributed by atoms with Gasteiger partial charge in [-0.25, -0.2) is 0 Å². The average molecular weight is 301 g/mol. The summed E-state index contributed by atoms with van der Waals surface area (Å²) in [6, 6.07) is 7.89. The van der Waals surface area contributed by atoms with Crippen LogP contribution in [0.15, 0.2) is 24.3 Å². The molecule has 1 saturated heterocycles. The monoisotopic (exact) mass is 300 g/mol. The van der Waals surface area contributed by atoms with E-state index in [1.54, 1.807) is 7.11 Å². The zero-order chi connectivity index (χ0) is 13.9. The van der Waals surface area contributed by atoms with Crippen molar-refractivity contribution in [2.75, 3.05) is 32.2 Å². The van der Waals surface area contributed by atoms with Crippen molar-refractivity contribution in [2.24, 2.45) is 5.73 Å². The van der Waals surface area contributed by atoms with Gasteiger partial charge in [0, 0.05) is 18.8 Å². The van der Waals surface area contributed by atoms with E-state index >= 15 is 0 Å². The number of carbonyl (C=O) groups excluding carboxylic acids is 1. The number of anilines is 1. The Balaban J connectivity index is 0.00000200. The molecular weight excluding hydrogens is 280 g/mol. The Kier molecular flexibility index (Phi) is 5.65. The number of esters is 1. The third kappa shape index (κ3) is 3.35. The first-order valence-corrected chi connectivity index (χ1v) is 6.35. The van der Waals surface area contributed by atoms with E-state index in [9.17, 15) is 4.79 Å². The third-order valence-electron chi connectivity index (χ3n) is 3.69. The molecule has 0 aliphatic carbocycles. The van der Waals surface area contributed by atoms with Gasteiger partial charge in [0.15, 0.2) is 0 Å². The van der Waals surface area contributed by atoms with E-state index in [-0.39, 0.29) is 18.4 Å². The summed E-state index contributed by atoms with van der Waals surface area (Å²) in [6.07, 6.45) is 1.21. The van der Waals surface area contributed by atoms with E-state index in [4.69, 9.17) is 15.2 Å². The topological polar surface area (TPSA) is 64.8 Å². The van der Waals surface area contributed by atoms with Crippen molar-refractivity contribution in [3.8, 4) is 5.75 Å². The quantitative estimate of drug-likeness (QED) is 0.859. The summed E-state index contributed by atoms with van der Waals surface area (Å²) in [5.41, 5.74) is 6.36. The van der Waals surface area contributed by atoms with Crippen molar-refractivity contribution in [1.82, 2.24) is 0 Å². The molecule has 0 unspecified atom stereocenters. The van der Waals surface area contributed by atoms with E-state index in [0.717, 1.165) is 24.5 Å². The number of methoxy groups -OCH3 is 2. The third-order valence-corrected chi connectivity index (χ3v) is 3.69. The van der Waals surface area contributed by atoms with Crippen LogP contribution in [0.2, 0.25) is 0 Å². The van der Waals surface area contributed by atoms with Crippen LogP contribution in [0, 0.1) is 0 Å².